The topological polar surface area (TPSA) is 106 Å². The SMILES string of the molecule is NC(=O)[C@@H](C[C@@H](O)[CH]Cc1ccccc1)C1(C(N)=O)CCC(F)(F)CC1. The third kappa shape index (κ3) is 4.78. The number of hydrogen-bond donors (Lipinski definition) is 3. The molecule has 2 rings (SSSR count). The van der Waals surface area contributed by atoms with Crippen LogP contribution in [0.5, 0.6) is 0 Å². The van der Waals surface area contributed by atoms with Gasteiger partial charge in [-0.2, -0.15) is 0 Å². The molecule has 1 aromatic rings. The highest BCUT2D eigenvalue weighted by atomic mass is 19.3. The Morgan fingerprint density at radius 2 is 1.69 bits per heavy atom. The molecule has 0 spiro atoms. The van der Waals surface area contributed by atoms with Crippen molar-refractivity contribution in [3.63, 3.8) is 0 Å². The number of aliphatic hydroxyl groups excluding tert-OH is 1. The summed E-state index contributed by atoms with van der Waals surface area (Å²) in [6, 6.07) is 9.39. The average molecular weight is 367 g/mol. The van der Waals surface area contributed by atoms with Crippen molar-refractivity contribution in [2.45, 2.75) is 50.6 Å². The first-order chi connectivity index (χ1) is 12.2. The number of halogens is 2. The average Bonchev–Trinajstić information content (AvgIpc) is 2.59. The maximum atomic E-state index is 13.5. The van der Waals surface area contributed by atoms with Gasteiger partial charge in [-0.1, -0.05) is 30.3 Å². The van der Waals surface area contributed by atoms with Gasteiger partial charge in [0, 0.05) is 12.8 Å². The summed E-state index contributed by atoms with van der Waals surface area (Å²) in [6.07, 6.45) is -0.523. The molecule has 1 radical (unpaired) electrons. The van der Waals surface area contributed by atoms with Gasteiger partial charge in [0.05, 0.1) is 17.4 Å². The van der Waals surface area contributed by atoms with E-state index in [9.17, 15) is 23.5 Å². The van der Waals surface area contributed by atoms with Gasteiger partial charge in [-0.05, 0) is 37.7 Å². The molecule has 2 amide bonds. The minimum absolute atomic E-state index is 0.114. The van der Waals surface area contributed by atoms with E-state index in [4.69, 9.17) is 11.5 Å². The van der Waals surface area contributed by atoms with E-state index in [0.29, 0.717) is 6.42 Å². The Morgan fingerprint density at radius 1 is 1.12 bits per heavy atom. The highest BCUT2D eigenvalue weighted by Crippen LogP contribution is 2.49. The van der Waals surface area contributed by atoms with Crippen molar-refractivity contribution in [1.82, 2.24) is 0 Å². The lowest BCUT2D eigenvalue weighted by atomic mass is 9.62. The fourth-order valence-corrected chi connectivity index (χ4v) is 3.67. The van der Waals surface area contributed by atoms with E-state index in [1.165, 1.54) is 0 Å². The van der Waals surface area contributed by atoms with E-state index in [1.54, 1.807) is 6.42 Å². The van der Waals surface area contributed by atoms with E-state index < -0.39 is 48.0 Å². The quantitative estimate of drug-likeness (QED) is 0.654. The molecule has 1 saturated carbocycles. The molecule has 7 heteroatoms. The second-order valence-electron chi connectivity index (χ2n) is 7.06. The number of carbonyl (C=O) groups excluding carboxylic acids is 2. The van der Waals surface area contributed by atoms with Crippen LogP contribution in [0.2, 0.25) is 0 Å². The Hall–Kier alpha value is -2.02. The summed E-state index contributed by atoms with van der Waals surface area (Å²) in [5.74, 6) is -5.58. The van der Waals surface area contributed by atoms with Gasteiger partial charge in [-0.25, -0.2) is 8.78 Å². The molecule has 1 fully saturated rings. The fourth-order valence-electron chi connectivity index (χ4n) is 3.67. The molecule has 0 unspecified atom stereocenters. The van der Waals surface area contributed by atoms with Crippen molar-refractivity contribution in [2.24, 2.45) is 22.8 Å². The van der Waals surface area contributed by atoms with E-state index in [0.717, 1.165) is 5.56 Å². The van der Waals surface area contributed by atoms with Gasteiger partial charge >= 0.3 is 0 Å². The number of benzene rings is 1. The molecule has 0 heterocycles. The normalized spacial score (nSPS) is 20.9. The van der Waals surface area contributed by atoms with Crippen LogP contribution in [-0.4, -0.2) is 28.9 Å². The number of aliphatic hydroxyl groups is 1. The maximum Gasteiger partial charge on any atom is 0.248 e. The van der Waals surface area contributed by atoms with Crippen LogP contribution in [-0.2, 0) is 16.0 Å². The minimum Gasteiger partial charge on any atom is -0.393 e. The molecule has 0 aliphatic heterocycles. The Morgan fingerprint density at radius 3 is 2.19 bits per heavy atom. The highest BCUT2D eigenvalue weighted by molar-refractivity contribution is 5.89. The van der Waals surface area contributed by atoms with Crippen LogP contribution in [0.25, 0.3) is 0 Å². The second kappa shape index (κ2) is 8.12. The molecule has 5 nitrogen and oxygen atoms in total. The summed E-state index contributed by atoms with van der Waals surface area (Å²) in [4.78, 5) is 24.1. The minimum atomic E-state index is -2.88. The summed E-state index contributed by atoms with van der Waals surface area (Å²) < 4.78 is 27.0. The first kappa shape index (κ1) is 20.3. The number of carbonyl (C=O) groups is 2. The van der Waals surface area contributed by atoms with Crippen LogP contribution in [0.4, 0.5) is 8.78 Å². The molecule has 143 valence electrons. The van der Waals surface area contributed by atoms with Gasteiger partial charge in [0.15, 0.2) is 0 Å². The standard InChI is InChI=1S/C19H25F2N2O3/c20-19(21)10-8-18(9-11-19,17(23)26)15(16(22)25)12-14(24)7-6-13-4-2-1-3-5-13/h1-5,7,14-15,24H,6,8-12H2,(H2,22,25)(H2,23,26)/t14-,15+/m0/s1. The van der Waals surface area contributed by atoms with Crippen molar-refractivity contribution in [1.29, 1.82) is 0 Å². The van der Waals surface area contributed by atoms with E-state index in [-0.39, 0.29) is 19.3 Å². The molecule has 0 bridgehead atoms. The van der Waals surface area contributed by atoms with Gasteiger partial charge < -0.3 is 16.6 Å². The lowest BCUT2D eigenvalue weighted by Gasteiger charge is -2.42. The van der Waals surface area contributed by atoms with Crippen molar-refractivity contribution in [2.75, 3.05) is 0 Å². The molecular formula is C19H25F2N2O3. The second-order valence-corrected chi connectivity index (χ2v) is 7.06. The number of nitrogens with two attached hydrogens (primary N) is 2. The molecule has 1 aromatic carbocycles. The number of hydrogen-bond acceptors (Lipinski definition) is 3. The first-order valence-electron chi connectivity index (χ1n) is 8.69. The van der Waals surface area contributed by atoms with Gasteiger partial charge in [-0.15, -0.1) is 0 Å². The third-order valence-corrected chi connectivity index (χ3v) is 5.32. The van der Waals surface area contributed by atoms with Crippen molar-refractivity contribution in [3.8, 4) is 0 Å². The van der Waals surface area contributed by atoms with E-state index >= 15 is 0 Å². The number of rotatable bonds is 8. The zero-order chi connectivity index (χ0) is 19.4. The van der Waals surface area contributed by atoms with Crippen LogP contribution >= 0.6 is 0 Å². The number of primary amides is 2. The third-order valence-electron chi connectivity index (χ3n) is 5.32. The van der Waals surface area contributed by atoms with Crippen LogP contribution < -0.4 is 11.5 Å². The summed E-state index contributed by atoms with van der Waals surface area (Å²) in [5.41, 5.74) is 10.5. The maximum absolute atomic E-state index is 13.5. The van der Waals surface area contributed by atoms with E-state index in [2.05, 4.69) is 0 Å². The Bertz CT molecular complexity index is 627. The Kier molecular flexibility index (Phi) is 6.34. The van der Waals surface area contributed by atoms with Gasteiger partial charge in [0.1, 0.15) is 0 Å². The van der Waals surface area contributed by atoms with Crippen LogP contribution in [0.15, 0.2) is 30.3 Å². The molecule has 5 N–H and O–H groups in total. The predicted molar refractivity (Wildman–Crippen MR) is 92.8 cm³/mol. The van der Waals surface area contributed by atoms with Crippen molar-refractivity contribution >= 4 is 11.8 Å². The number of amides is 2. The molecule has 1 aliphatic carbocycles. The summed E-state index contributed by atoms with van der Waals surface area (Å²) in [5, 5.41) is 10.3. The van der Waals surface area contributed by atoms with E-state index in [1.807, 2.05) is 30.3 Å². The lowest BCUT2D eigenvalue weighted by Crippen LogP contribution is -2.52. The van der Waals surface area contributed by atoms with Gasteiger partial charge in [0.2, 0.25) is 17.7 Å². The summed E-state index contributed by atoms with van der Waals surface area (Å²) in [6.45, 7) is 0. The molecule has 1 aliphatic rings. The molecule has 0 saturated heterocycles. The first-order valence-corrected chi connectivity index (χ1v) is 8.69. The van der Waals surface area contributed by atoms with Gasteiger partial charge in [-0.3, -0.25) is 9.59 Å². The Balaban J connectivity index is 2.08. The monoisotopic (exact) mass is 367 g/mol. The molecule has 26 heavy (non-hydrogen) atoms. The van der Waals surface area contributed by atoms with Crippen LogP contribution in [0, 0.1) is 17.8 Å². The molecule has 0 aromatic heterocycles. The zero-order valence-electron chi connectivity index (χ0n) is 14.5. The highest BCUT2D eigenvalue weighted by Gasteiger charge is 2.53. The van der Waals surface area contributed by atoms with Crippen molar-refractivity contribution < 1.29 is 23.5 Å². The fraction of sp³-hybridized carbons (Fsp3) is 0.526. The lowest BCUT2D eigenvalue weighted by molar-refractivity contribution is -0.150. The molecule has 2 atom stereocenters. The summed E-state index contributed by atoms with van der Waals surface area (Å²) in [7, 11) is 0. The largest absolute Gasteiger partial charge is 0.393 e. The van der Waals surface area contributed by atoms with Crippen LogP contribution in [0.1, 0.15) is 37.7 Å². The number of alkyl halides is 2. The predicted octanol–water partition coefficient (Wildman–Crippen LogP) is 1.97. The van der Waals surface area contributed by atoms with Crippen molar-refractivity contribution in [3.05, 3.63) is 42.3 Å². The van der Waals surface area contributed by atoms with Gasteiger partial charge in [0.25, 0.3) is 0 Å². The summed E-state index contributed by atoms with van der Waals surface area (Å²) >= 11 is 0. The van der Waals surface area contributed by atoms with Crippen LogP contribution in [0.3, 0.4) is 0 Å². The molecular weight excluding hydrogens is 342 g/mol. The zero-order valence-corrected chi connectivity index (χ0v) is 14.5. The smallest absolute Gasteiger partial charge is 0.248 e. The Labute approximate surface area is 151 Å².